The average Bonchev–Trinajstić information content (AvgIpc) is 3.39. The van der Waals surface area contributed by atoms with Crippen molar-refractivity contribution in [1.82, 2.24) is 9.88 Å². The Labute approximate surface area is 197 Å². The van der Waals surface area contributed by atoms with E-state index in [4.69, 9.17) is 0 Å². The van der Waals surface area contributed by atoms with E-state index < -0.39 is 0 Å². The Bertz CT molecular complexity index is 1270. The van der Waals surface area contributed by atoms with Crippen LogP contribution in [-0.4, -0.2) is 22.8 Å². The molecule has 31 heavy (non-hydrogen) atoms. The van der Waals surface area contributed by atoms with Crippen LogP contribution in [0, 0.1) is 0 Å². The first-order chi connectivity index (χ1) is 15.1. The summed E-state index contributed by atoms with van der Waals surface area (Å²) in [7, 11) is 1.84. The van der Waals surface area contributed by atoms with Gasteiger partial charge in [0, 0.05) is 50.0 Å². The van der Waals surface area contributed by atoms with Crippen molar-refractivity contribution in [3.63, 3.8) is 0 Å². The fourth-order valence-corrected chi connectivity index (χ4v) is 5.39. The first-order valence-electron chi connectivity index (χ1n) is 9.69. The number of nitrogens with one attached hydrogen (secondary N) is 1. The van der Waals surface area contributed by atoms with Crippen molar-refractivity contribution in [3.8, 4) is 20.9 Å². The van der Waals surface area contributed by atoms with Gasteiger partial charge in [-0.2, -0.15) is 0 Å². The van der Waals surface area contributed by atoms with Crippen LogP contribution in [0.5, 0.6) is 0 Å². The van der Waals surface area contributed by atoms with E-state index in [2.05, 4.69) is 62.0 Å². The van der Waals surface area contributed by atoms with Gasteiger partial charge in [0.2, 0.25) is 0 Å². The first kappa shape index (κ1) is 20.3. The fraction of sp³-hybridized carbons (Fsp3) is 0.0833. The summed E-state index contributed by atoms with van der Waals surface area (Å²) in [6.07, 6.45) is 3.72. The second-order valence-electron chi connectivity index (χ2n) is 7.32. The highest BCUT2D eigenvalue weighted by Crippen LogP contribution is 2.37. The normalized spacial score (nSPS) is 12.8. The predicted molar refractivity (Wildman–Crippen MR) is 132 cm³/mol. The van der Waals surface area contributed by atoms with Crippen molar-refractivity contribution in [3.05, 3.63) is 88.7 Å². The number of halogens is 1. The molecule has 7 heteroatoms. The molecule has 2 aromatic heterocycles. The number of nitrogens with zero attached hydrogens (tertiary/aromatic N) is 2. The topological polar surface area (TPSA) is 45.2 Å². The summed E-state index contributed by atoms with van der Waals surface area (Å²) in [6.45, 7) is 0.675. The second-order valence-corrected chi connectivity index (χ2v) is 10.2. The summed E-state index contributed by atoms with van der Waals surface area (Å²) in [6, 6.07) is 20.7. The van der Waals surface area contributed by atoms with Crippen molar-refractivity contribution in [2.24, 2.45) is 0 Å². The summed E-state index contributed by atoms with van der Waals surface area (Å²) >= 11 is 6.75. The van der Waals surface area contributed by atoms with Gasteiger partial charge in [-0.1, -0.05) is 22.0 Å². The first-order valence-corrected chi connectivity index (χ1v) is 12.1. The lowest BCUT2D eigenvalue weighted by molar-refractivity contribution is 0.0816. The number of hydrogen-bond acceptors (Lipinski definition) is 5. The van der Waals surface area contributed by atoms with Gasteiger partial charge >= 0.3 is 0 Å². The lowest BCUT2D eigenvalue weighted by Gasteiger charge is -2.06. The Morgan fingerprint density at radius 3 is 2.58 bits per heavy atom. The number of anilines is 1. The minimum atomic E-state index is 0.102. The molecular weight excluding hydrogens is 490 g/mol. The predicted octanol–water partition coefficient (Wildman–Crippen LogP) is 6.94. The van der Waals surface area contributed by atoms with E-state index in [0.29, 0.717) is 6.54 Å². The number of carbonyl (C=O) groups is 1. The summed E-state index contributed by atoms with van der Waals surface area (Å²) in [5.41, 5.74) is 5.09. The molecule has 3 heterocycles. The summed E-state index contributed by atoms with van der Waals surface area (Å²) in [5.74, 6) is 0.102. The number of thiophene rings is 1. The zero-order chi connectivity index (χ0) is 21.4. The highest BCUT2D eigenvalue weighted by molar-refractivity contribution is 9.10. The monoisotopic (exact) mass is 507 g/mol. The molecule has 4 nitrogen and oxygen atoms in total. The maximum Gasteiger partial charge on any atom is 0.254 e. The molecule has 5 rings (SSSR count). The van der Waals surface area contributed by atoms with Gasteiger partial charge in [-0.05, 0) is 77.7 Å². The molecule has 1 aliphatic rings. The van der Waals surface area contributed by atoms with Gasteiger partial charge in [0.1, 0.15) is 0 Å². The van der Waals surface area contributed by atoms with Crippen LogP contribution in [0.4, 0.5) is 5.69 Å². The molecule has 4 aromatic rings. The molecule has 0 bridgehead atoms. The largest absolute Gasteiger partial charge is 0.337 e. The Morgan fingerprint density at radius 1 is 1.00 bits per heavy atom. The molecule has 0 spiro atoms. The Morgan fingerprint density at radius 2 is 1.77 bits per heavy atom. The van der Waals surface area contributed by atoms with Crippen LogP contribution >= 0.6 is 39.2 Å². The minimum Gasteiger partial charge on any atom is -0.337 e. The number of amides is 1. The van der Waals surface area contributed by atoms with Gasteiger partial charge < -0.3 is 9.62 Å². The standard InChI is InChI=1S/C24H18BrN3OS2/c1-28-14-17-10-15(2-7-21(17)24(28)29)22-8-9-23(30-22)16-11-19(13-26-12-16)27-31-20-5-3-18(25)4-6-20/h2-13,27H,14H2,1H3. The van der Waals surface area contributed by atoms with Crippen LogP contribution < -0.4 is 4.72 Å². The maximum absolute atomic E-state index is 12.1. The quantitative estimate of drug-likeness (QED) is 0.297. The van der Waals surface area contributed by atoms with Crippen molar-refractivity contribution in [1.29, 1.82) is 0 Å². The fourth-order valence-electron chi connectivity index (χ4n) is 3.52. The highest BCUT2D eigenvalue weighted by atomic mass is 79.9. The lowest BCUT2D eigenvalue weighted by atomic mass is 10.1. The van der Waals surface area contributed by atoms with Crippen LogP contribution in [-0.2, 0) is 6.54 Å². The molecule has 0 fully saturated rings. The number of rotatable bonds is 5. The van der Waals surface area contributed by atoms with Gasteiger partial charge in [0.15, 0.2) is 0 Å². The number of benzene rings is 2. The lowest BCUT2D eigenvalue weighted by Crippen LogP contribution is -2.17. The Kier molecular flexibility index (Phi) is 5.56. The number of fused-ring (bicyclic) bond motifs is 1. The van der Waals surface area contributed by atoms with Crippen LogP contribution in [0.3, 0.4) is 0 Å². The molecule has 1 amide bonds. The third-order valence-corrected chi connectivity index (χ3v) is 7.66. The molecule has 1 N–H and O–H groups in total. The molecule has 0 saturated carbocycles. The zero-order valence-corrected chi connectivity index (χ0v) is 19.9. The van der Waals surface area contributed by atoms with E-state index in [0.717, 1.165) is 42.2 Å². The second kappa shape index (κ2) is 8.49. The summed E-state index contributed by atoms with van der Waals surface area (Å²) in [5, 5.41) is 0. The highest BCUT2D eigenvalue weighted by Gasteiger charge is 2.24. The zero-order valence-electron chi connectivity index (χ0n) is 16.6. The molecule has 154 valence electrons. The molecule has 0 radical (unpaired) electrons. The van der Waals surface area contributed by atoms with E-state index in [9.17, 15) is 4.79 Å². The van der Waals surface area contributed by atoms with E-state index in [1.165, 1.54) is 4.88 Å². The molecule has 0 aliphatic carbocycles. The number of hydrogen-bond donors (Lipinski definition) is 1. The van der Waals surface area contributed by atoms with Crippen molar-refractivity contribution < 1.29 is 4.79 Å². The Balaban J connectivity index is 1.34. The molecule has 0 unspecified atom stereocenters. The summed E-state index contributed by atoms with van der Waals surface area (Å²) in [4.78, 5) is 21.8. The van der Waals surface area contributed by atoms with Crippen LogP contribution in [0.1, 0.15) is 15.9 Å². The SMILES string of the molecule is CN1Cc2cc(-c3ccc(-c4cncc(NSc5ccc(Br)cc5)c4)s3)ccc2C1=O. The van der Waals surface area contributed by atoms with Gasteiger partial charge in [0.05, 0.1) is 11.9 Å². The number of pyridine rings is 1. The van der Waals surface area contributed by atoms with Gasteiger partial charge in [-0.25, -0.2) is 0 Å². The maximum atomic E-state index is 12.1. The van der Waals surface area contributed by atoms with E-state index in [1.54, 1.807) is 28.2 Å². The average molecular weight is 508 g/mol. The third-order valence-electron chi connectivity index (χ3n) is 5.10. The number of aromatic nitrogens is 1. The number of carbonyl (C=O) groups excluding carboxylic acids is 1. The van der Waals surface area contributed by atoms with Crippen LogP contribution in [0.2, 0.25) is 0 Å². The van der Waals surface area contributed by atoms with Crippen molar-refractivity contribution in [2.45, 2.75) is 11.4 Å². The molecule has 0 atom stereocenters. The molecule has 2 aromatic carbocycles. The smallest absolute Gasteiger partial charge is 0.254 e. The third kappa shape index (κ3) is 4.26. The van der Waals surface area contributed by atoms with Crippen LogP contribution in [0.25, 0.3) is 20.9 Å². The van der Waals surface area contributed by atoms with Gasteiger partial charge in [0.25, 0.3) is 5.91 Å². The van der Waals surface area contributed by atoms with Gasteiger partial charge in [-0.15, -0.1) is 11.3 Å². The minimum absolute atomic E-state index is 0.102. The molecule has 1 aliphatic heterocycles. The molecular formula is C24H18BrN3OS2. The van der Waals surface area contributed by atoms with Crippen LogP contribution in [0.15, 0.2) is 82.4 Å². The molecule has 0 saturated heterocycles. The van der Waals surface area contributed by atoms with E-state index in [-0.39, 0.29) is 5.91 Å². The van der Waals surface area contributed by atoms with Gasteiger partial charge in [-0.3, -0.25) is 9.78 Å². The summed E-state index contributed by atoms with van der Waals surface area (Å²) < 4.78 is 4.44. The Hall–Kier alpha value is -2.61. The van der Waals surface area contributed by atoms with E-state index >= 15 is 0 Å². The van der Waals surface area contributed by atoms with Crippen molar-refractivity contribution in [2.75, 3.05) is 11.8 Å². The van der Waals surface area contributed by atoms with Crippen molar-refractivity contribution >= 4 is 50.8 Å². The van der Waals surface area contributed by atoms with E-state index in [1.807, 2.05) is 43.7 Å².